The number of benzene rings is 1. The van der Waals surface area contributed by atoms with Gasteiger partial charge in [0.2, 0.25) is 11.8 Å². The molecule has 3 aliphatic heterocycles. The number of likely N-dealkylation sites (N-methyl/N-ethyl adjacent to an activating group) is 1. The Bertz CT molecular complexity index is 971. The van der Waals surface area contributed by atoms with E-state index in [1.807, 2.05) is 6.07 Å². The van der Waals surface area contributed by atoms with Crippen LogP contribution in [0.3, 0.4) is 0 Å². The van der Waals surface area contributed by atoms with Crippen LogP contribution < -0.4 is 10.2 Å². The second kappa shape index (κ2) is 8.31. The lowest BCUT2D eigenvalue weighted by Gasteiger charge is -2.40. The Morgan fingerprint density at radius 2 is 1.66 bits per heavy atom. The topological polar surface area (TPSA) is 90.0 Å². The first kappa shape index (κ1) is 21.1. The first-order valence-corrected chi connectivity index (χ1v) is 11.8. The van der Waals surface area contributed by atoms with Gasteiger partial charge < -0.3 is 4.90 Å². The van der Waals surface area contributed by atoms with E-state index in [9.17, 15) is 19.2 Å². The number of nitrogens with zero attached hydrogens (tertiary/aromatic N) is 3. The first-order valence-electron chi connectivity index (χ1n) is 11.8. The van der Waals surface area contributed by atoms with Crippen molar-refractivity contribution < 1.29 is 19.2 Å². The molecule has 3 fully saturated rings. The molecule has 0 aromatic heterocycles. The van der Waals surface area contributed by atoms with Crippen molar-refractivity contribution in [2.75, 3.05) is 25.0 Å². The van der Waals surface area contributed by atoms with Crippen LogP contribution in [0.25, 0.3) is 0 Å². The van der Waals surface area contributed by atoms with Gasteiger partial charge in [-0.15, -0.1) is 0 Å². The summed E-state index contributed by atoms with van der Waals surface area (Å²) in [7, 11) is 2.08. The van der Waals surface area contributed by atoms with E-state index in [1.165, 1.54) is 32.1 Å². The minimum atomic E-state index is -0.931. The van der Waals surface area contributed by atoms with Gasteiger partial charge in [-0.1, -0.05) is 6.42 Å². The Labute approximate surface area is 187 Å². The van der Waals surface area contributed by atoms with Gasteiger partial charge >= 0.3 is 0 Å². The summed E-state index contributed by atoms with van der Waals surface area (Å²) in [4.78, 5) is 55.8. The second-order valence-electron chi connectivity index (χ2n) is 9.45. The molecule has 0 radical (unpaired) electrons. The molecule has 1 N–H and O–H groups in total. The van der Waals surface area contributed by atoms with Gasteiger partial charge in [0, 0.05) is 31.2 Å². The number of anilines is 1. The number of hydrogen-bond donors (Lipinski definition) is 1. The van der Waals surface area contributed by atoms with Gasteiger partial charge in [-0.2, -0.15) is 0 Å². The maximum absolute atomic E-state index is 13.2. The quantitative estimate of drug-likeness (QED) is 0.723. The number of nitrogens with one attached hydrogen (secondary N) is 1. The molecule has 3 heterocycles. The van der Waals surface area contributed by atoms with Crippen molar-refractivity contribution in [1.29, 1.82) is 0 Å². The molecule has 0 spiro atoms. The summed E-state index contributed by atoms with van der Waals surface area (Å²) in [5, 5.41) is 2.24. The van der Waals surface area contributed by atoms with Crippen LogP contribution in [0, 0.1) is 0 Å². The Balaban J connectivity index is 1.37. The molecule has 2 saturated heterocycles. The summed E-state index contributed by atoms with van der Waals surface area (Å²) >= 11 is 0. The number of piperidine rings is 2. The lowest BCUT2D eigenvalue weighted by molar-refractivity contribution is -0.136. The zero-order valence-corrected chi connectivity index (χ0v) is 18.5. The smallest absolute Gasteiger partial charge is 0.262 e. The van der Waals surface area contributed by atoms with Crippen molar-refractivity contribution in [3.05, 3.63) is 29.3 Å². The molecule has 5 rings (SSSR count). The minimum absolute atomic E-state index is 0.122. The number of rotatable bonds is 4. The molecule has 1 aromatic rings. The largest absolute Gasteiger partial charge is 0.370 e. The lowest BCUT2D eigenvalue weighted by atomic mass is 10.0. The minimum Gasteiger partial charge on any atom is -0.370 e. The maximum Gasteiger partial charge on any atom is 0.262 e. The fraction of sp³-hybridized carbons (Fsp3) is 0.583. The van der Waals surface area contributed by atoms with Crippen LogP contribution in [-0.2, 0) is 9.59 Å². The van der Waals surface area contributed by atoms with Gasteiger partial charge in [0.25, 0.3) is 11.8 Å². The fourth-order valence-electron chi connectivity index (χ4n) is 5.92. The number of carbonyl (C=O) groups excluding carboxylic acids is 4. The summed E-state index contributed by atoms with van der Waals surface area (Å²) < 4.78 is 0. The van der Waals surface area contributed by atoms with Gasteiger partial charge in [0.15, 0.2) is 0 Å². The molecule has 1 saturated carbocycles. The van der Waals surface area contributed by atoms with Crippen molar-refractivity contribution in [2.45, 2.75) is 69.5 Å². The molecule has 4 aliphatic rings. The maximum atomic E-state index is 13.2. The van der Waals surface area contributed by atoms with E-state index in [0.29, 0.717) is 23.2 Å². The van der Waals surface area contributed by atoms with E-state index in [1.54, 1.807) is 12.1 Å². The van der Waals surface area contributed by atoms with Crippen molar-refractivity contribution >= 4 is 29.3 Å². The van der Waals surface area contributed by atoms with Crippen LogP contribution in [0.1, 0.15) is 72.1 Å². The zero-order valence-electron chi connectivity index (χ0n) is 18.5. The number of imide groups is 2. The summed E-state index contributed by atoms with van der Waals surface area (Å²) in [6.07, 6.45) is 7.64. The Morgan fingerprint density at radius 3 is 2.41 bits per heavy atom. The predicted molar refractivity (Wildman–Crippen MR) is 118 cm³/mol. The lowest BCUT2D eigenvalue weighted by Crippen LogP contribution is -2.54. The molecule has 8 heteroatoms. The SMILES string of the molecule is CN(c1ccc2c(c1)C(=O)N(C1CCC(=O)NC1=O)C2=O)[C@@H]1CCC[C@H]1N1CCCCC1. The summed E-state index contributed by atoms with van der Waals surface area (Å²) in [6, 6.07) is 5.38. The summed E-state index contributed by atoms with van der Waals surface area (Å²) in [5.41, 5.74) is 1.59. The average molecular weight is 439 g/mol. The van der Waals surface area contributed by atoms with E-state index in [4.69, 9.17) is 0 Å². The molecule has 4 amide bonds. The van der Waals surface area contributed by atoms with Crippen LogP contribution in [0.4, 0.5) is 5.69 Å². The van der Waals surface area contributed by atoms with Crippen LogP contribution in [0.2, 0.25) is 0 Å². The van der Waals surface area contributed by atoms with Gasteiger partial charge in [-0.05, 0) is 69.8 Å². The fourth-order valence-corrected chi connectivity index (χ4v) is 5.92. The average Bonchev–Trinajstić information content (AvgIpc) is 3.38. The van der Waals surface area contributed by atoms with E-state index >= 15 is 0 Å². The molecule has 1 unspecified atom stereocenters. The zero-order chi connectivity index (χ0) is 22.4. The molecule has 1 aliphatic carbocycles. The van der Waals surface area contributed by atoms with E-state index in [2.05, 4.69) is 22.2 Å². The summed E-state index contributed by atoms with van der Waals surface area (Å²) in [5.74, 6) is -1.86. The third-order valence-corrected chi connectivity index (χ3v) is 7.63. The second-order valence-corrected chi connectivity index (χ2v) is 9.45. The molecular formula is C24H30N4O4. The van der Waals surface area contributed by atoms with Gasteiger partial charge in [0.1, 0.15) is 6.04 Å². The third kappa shape index (κ3) is 3.50. The van der Waals surface area contributed by atoms with Crippen LogP contribution in [0.15, 0.2) is 18.2 Å². The Hall–Kier alpha value is -2.74. The van der Waals surface area contributed by atoms with Crippen molar-refractivity contribution in [3.8, 4) is 0 Å². The molecule has 32 heavy (non-hydrogen) atoms. The normalized spacial score (nSPS) is 28.8. The van der Waals surface area contributed by atoms with Crippen LogP contribution in [0.5, 0.6) is 0 Å². The Kier molecular flexibility index (Phi) is 5.49. The Morgan fingerprint density at radius 1 is 0.906 bits per heavy atom. The summed E-state index contributed by atoms with van der Waals surface area (Å²) in [6.45, 7) is 2.32. The van der Waals surface area contributed by atoms with E-state index in [-0.39, 0.29) is 18.7 Å². The molecule has 8 nitrogen and oxygen atoms in total. The monoisotopic (exact) mass is 438 g/mol. The van der Waals surface area contributed by atoms with E-state index in [0.717, 1.165) is 30.1 Å². The molecule has 0 bridgehead atoms. The van der Waals surface area contributed by atoms with Crippen molar-refractivity contribution in [3.63, 3.8) is 0 Å². The predicted octanol–water partition coefficient (Wildman–Crippen LogP) is 1.93. The van der Waals surface area contributed by atoms with Crippen LogP contribution in [-0.4, -0.2) is 71.7 Å². The highest BCUT2D eigenvalue weighted by Gasteiger charge is 2.45. The number of likely N-dealkylation sites (tertiary alicyclic amines) is 1. The van der Waals surface area contributed by atoms with Gasteiger partial charge in [-0.3, -0.25) is 34.3 Å². The van der Waals surface area contributed by atoms with Gasteiger partial charge in [-0.25, -0.2) is 0 Å². The number of carbonyl (C=O) groups is 4. The highest BCUT2D eigenvalue weighted by atomic mass is 16.2. The molecular weight excluding hydrogens is 408 g/mol. The number of amides is 4. The molecule has 3 atom stereocenters. The van der Waals surface area contributed by atoms with E-state index < -0.39 is 23.8 Å². The number of fused-ring (bicyclic) bond motifs is 1. The highest BCUT2D eigenvalue weighted by Crippen LogP contribution is 2.35. The van der Waals surface area contributed by atoms with Crippen molar-refractivity contribution in [1.82, 2.24) is 15.1 Å². The van der Waals surface area contributed by atoms with Crippen LogP contribution >= 0.6 is 0 Å². The highest BCUT2D eigenvalue weighted by molar-refractivity contribution is 6.23. The standard InChI is InChI=1S/C24H30N4O4/c1-26(18-6-5-7-19(18)27-12-3-2-4-13-27)15-8-9-16-17(14-15)24(32)28(23(16)31)20-10-11-21(29)25-22(20)30/h8-9,14,18-20H,2-7,10-13H2,1H3,(H,25,29,30)/t18-,19-,20?/m1/s1. The molecule has 1 aromatic carbocycles. The number of hydrogen-bond acceptors (Lipinski definition) is 6. The third-order valence-electron chi connectivity index (χ3n) is 7.63. The van der Waals surface area contributed by atoms with Gasteiger partial charge in [0.05, 0.1) is 11.1 Å². The molecule has 170 valence electrons. The van der Waals surface area contributed by atoms with Crippen molar-refractivity contribution in [2.24, 2.45) is 0 Å². The first-order chi connectivity index (χ1) is 15.5.